The molecule has 0 saturated heterocycles. The standard InChI is InChI=1S/C18H23NO/c1-20-13-6-4-10-5-7-15(14(10)9-13)19-18-16-11-2-3-12(8-11)17(16)18/h4,6,9,11-12,15-19H,2-3,5,7-8H2,1H3. The summed E-state index contributed by atoms with van der Waals surface area (Å²) in [6.07, 6.45) is 7.07. The molecule has 0 amide bonds. The molecular weight excluding hydrogens is 246 g/mol. The van der Waals surface area contributed by atoms with Gasteiger partial charge in [0.15, 0.2) is 0 Å². The molecule has 106 valence electrons. The van der Waals surface area contributed by atoms with Gasteiger partial charge in [-0.2, -0.15) is 0 Å². The first kappa shape index (κ1) is 11.6. The van der Waals surface area contributed by atoms with Crippen molar-refractivity contribution in [3.63, 3.8) is 0 Å². The third kappa shape index (κ3) is 1.49. The number of rotatable bonds is 3. The van der Waals surface area contributed by atoms with Crippen LogP contribution in [0.15, 0.2) is 18.2 Å². The number of nitrogens with one attached hydrogen (secondary N) is 1. The third-order valence-corrected chi connectivity index (χ3v) is 6.56. The summed E-state index contributed by atoms with van der Waals surface area (Å²) in [6, 6.07) is 8.03. The molecule has 5 atom stereocenters. The largest absolute Gasteiger partial charge is 0.497 e. The van der Waals surface area contributed by atoms with Crippen LogP contribution in [0.1, 0.15) is 42.9 Å². The van der Waals surface area contributed by atoms with E-state index in [9.17, 15) is 0 Å². The number of ether oxygens (including phenoxy) is 1. The summed E-state index contributed by atoms with van der Waals surface area (Å²) < 4.78 is 5.40. The second-order valence-electron chi connectivity index (χ2n) is 7.34. The lowest BCUT2D eigenvalue weighted by molar-refractivity contribution is 0.408. The van der Waals surface area contributed by atoms with Crippen LogP contribution >= 0.6 is 0 Å². The van der Waals surface area contributed by atoms with Crippen molar-refractivity contribution < 1.29 is 4.74 Å². The zero-order chi connectivity index (χ0) is 13.3. The van der Waals surface area contributed by atoms with Crippen molar-refractivity contribution in [2.75, 3.05) is 7.11 Å². The topological polar surface area (TPSA) is 21.3 Å². The lowest BCUT2D eigenvalue weighted by Gasteiger charge is -2.18. The Bertz CT molecular complexity index is 538. The quantitative estimate of drug-likeness (QED) is 0.909. The number of hydrogen-bond donors (Lipinski definition) is 1. The van der Waals surface area contributed by atoms with Crippen LogP contribution in [-0.4, -0.2) is 13.2 Å². The van der Waals surface area contributed by atoms with Gasteiger partial charge in [0.05, 0.1) is 7.11 Å². The monoisotopic (exact) mass is 269 g/mol. The van der Waals surface area contributed by atoms with E-state index in [1.807, 2.05) is 0 Å². The van der Waals surface area contributed by atoms with Crippen molar-refractivity contribution in [1.82, 2.24) is 5.32 Å². The van der Waals surface area contributed by atoms with Crippen LogP contribution < -0.4 is 10.1 Å². The van der Waals surface area contributed by atoms with Crippen LogP contribution in [0.2, 0.25) is 0 Å². The fourth-order valence-electron chi connectivity index (χ4n) is 5.66. The number of benzene rings is 1. The number of methoxy groups -OCH3 is 1. The molecule has 4 aliphatic carbocycles. The van der Waals surface area contributed by atoms with E-state index < -0.39 is 0 Å². The van der Waals surface area contributed by atoms with Crippen LogP contribution in [-0.2, 0) is 6.42 Å². The van der Waals surface area contributed by atoms with Gasteiger partial charge in [-0.3, -0.25) is 0 Å². The first-order chi connectivity index (χ1) is 9.85. The Morgan fingerprint density at radius 3 is 2.65 bits per heavy atom. The van der Waals surface area contributed by atoms with E-state index in [0.717, 1.165) is 35.5 Å². The predicted molar refractivity (Wildman–Crippen MR) is 78.8 cm³/mol. The molecular formula is C18H23NO. The molecule has 0 aliphatic heterocycles. The second-order valence-corrected chi connectivity index (χ2v) is 7.34. The minimum Gasteiger partial charge on any atom is -0.497 e. The molecule has 1 N–H and O–H groups in total. The van der Waals surface area contributed by atoms with Gasteiger partial charge in [0.2, 0.25) is 0 Å². The average Bonchev–Trinajstić information content (AvgIpc) is 2.87. The molecule has 4 aliphatic rings. The summed E-state index contributed by atoms with van der Waals surface area (Å²) in [5.41, 5.74) is 3.03. The molecule has 2 bridgehead atoms. The average molecular weight is 269 g/mol. The fourth-order valence-corrected chi connectivity index (χ4v) is 5.66. The molecule has 20 heavy (non-hydrogen) atoms. The van der Waals surface area contributed by atoms with E-state index in [1.54, 1.807) is 13.5 Å². The third-order valence-electron chi connectivity index (χ3n) is 6.56. The Morgan fingerprint density at radius 1 is 1.10 bits per heavy atom. The number of aryl methyl sites for hydroxylation is 1. The molecule has 5 unspecified atom stereocenters. The Balaban J connectivity index is 1.35. The van der Waals surface area contributed by atoms with Gasteiger partial charge < -0.3 is 10.1 Å². The predicted octanol–water partition coefficient (Wildman–Crippen LogP) is 3.32. The summed E-state index contributed by atoms with van der Waals surface area (Å²) in [6.45, 7) is 0. The Hall–Kier alpha value is -1.02. The summed E-state index contributed by atoms with van der Waals surface area (Å²) in [5.74, 6) is 5.20. The maximum Gasteiger partial charge on any atom is 0.119 e. The zero-order valence-electron chi connectivity index (χ0n) is 12.1. The van der Waals surface area contributed by atoms with Crippen molar-refractivity contribution in [3.05, 3.63) is 29.3 Å². The zero-order valence-corrected chi connectivity index (χ0v) is 12.1. The summed E-state index contributed by atoms with van der Waals surface area (Å²) in [4.78, 5) is 0. The van der Waals surface area contributed by atoms with E-state index >= 15 is 0 Å². The molecule has 2 heteroatoms. The smallest absolute Gasteiger partial charge is 0.119 e. The summed E-state index contributed by atoms with van der Waals surface area (Å²) in [7, 11) is 1.77. The highest BCUT2D eigenvalue weighted by Crippen LogP contribution is 2.66. The lowest BCUT2D eigenvalue weighted by atomic mass is 10.0. The highest BCUT2D eigenvalue weighted by Gasteiger charge is 2.65. The summed E-state index contributed by atoms with van der Waals surface area (Å²) in [5, 5.41) is 4.01. The van der Waals surface area contributed by atoms with Gasteiger partial charge in [0.1, 0.15) is 5.75 Å². The Morgan fingerprint density at radius 2 is 1.90 bits per heavy atom. The Labute approximate surface area is 120 Å². The molecule has 2 nitrogen and oxygen atoms in total. The van der Waals surface area contributed by atoms with Crippen LogP contribution in [0.5, 0.6) is 5.75 Å². The van der Waals surface area contributed by atoms with Gasteiger partial charge in [0.25, 0.3) is 0 Å². The molecule has 1 aromatic rings. The van der Waals surface area contributed by atoms with Gasteiger partial charge in [-0.1, -0.05) is 6.07 Å². The van der Waals surface area contributed by atoms with Crippen LogP contribution in [0.3, 0.4) is 0 Å². The molecule has 0 aromatic heterocycles. The summed E-state index contributed by atoms with van der Waals surface area (Å²) >= 11 is 0. The SMILES string of the molecule is COc1ccc2c(c1)C(NC1C3C4CCC(C4)C13)CC2. The molecule has 3 fully saturated rings. The van der Waals surface area contributed by atoms with E-state index in [2.05, 4.69) is 23.5 Å². The van der Waals surface area contributed by atoms with Gasteiger partial charge >= 0.3 is 0 Å². The van der Waals surface area contributed by atoms with E-state index in [-0.39, 0.29) is 0 Å². The highest BCUT2D eigenvalue weighted by molar-refractivity contribution is 5.41. The van der Waals surface area contributed by atoms with E-state index in [4.69, 9.17) is 4.74 Å². The normalized spacial score (nSPS) is 43.5. The van der Waals surface area contributed by atoms with Gasteiger partial charge in [0, 0.05) is 12.1 Å². The minimum atomic E-state index is 0.579. The second kappa shape index (κ2) is 4.00. The molecule has 0 heterocycles. The molecule has 0 radical (unpaired) electrons. The van der Waals surface area contributed by atoms with Crippen molar-refractivity contribution in [1.29, 1.82) is 0 Å². The van der Waals surface area contributed by atoms with Crippen LogP contribution in [0, 0.1) is 23.7 Å². The first-order valence-electron chi connectivity index (χ1n) is 8.28. The molecule has 0 spiro atoms. The molecule has 5 rings (SSSR count). The van der Waals surface area contributed by atoms with Crippen molar-refractivity contribution in [2.45, 2.75) is 44.2 Å². The Kier molecular flexibility index (Phi) is 2.33. The van der Waals surface area contributed by atoms with Crippen LogP contribution in [0.4, 0.5) is 0 Å². The maximum atomic E-state index is 5.40. The lowest BCUT2D eigenvalue weighted by Crippen LogP contribution is -2.26. The van der Waals surface area contributed by atoms with E-state index in [1.165, 1.54) is 36.8 Å². The van der Waals surface area contributed by atoms with Crippen molar-refractivity contribution >= 4 is 0 Å². The first-order valence-corrected chi connectivity index (χ1v) is 8.28. The number of hydrogen-bond acceptors (Lipinski definition) is 2. The number of fused-ring (bicyclic) bond motifs is 6. The minimum absolute atomic E-state index is 0.579. The van der Waals surface area contributed by atoms with Gasteiger partial charge in [-0.25, -0.2) is 0 Å². The van der Waals surface area contributed by atoms with Gasteiger partial charge in [-0.05, 0) is 79.0 Å². The fraction of sp³-hybridized carbons (Fsp3) is 0.667. The molecule has 1 aromatic carbocycles. The maximum absolute atomic E-state index is 5.40. The highest BCUT2D eigenvalue weighted by atomic mass is 16.5. The van der Waals surface area contributed by atoms with Crippen molar-refractivity contribution in [2.24, 2.45) is 23.7 Å². The van der Waals surface area contributed by atoms with Gasteiger partial charge in [-0.15, -0.1) is 0 Å². The van der Waals surface area contributed by atoms with E-state index in [0.29, 0.717) is 6.04 Å². The van der Waals surface area contributed by atoms with Crippen LogP contribution in [0.25, 0.3) is 0 Å². The molecule has 3 saturated carbocycles. The van der Waals surface area contributed by atoms with Crippen molar-refractivity contribution in [3.8, 4) is 5.75 Å².